The van der Waals surface area contributed by atoms with Crippen molar-refractivity contribution in [2.75, 3.05) is 45.9 Å². The van der Waals surface area contributed by atoms with Crippen LogP contribution in [0.15, 0.2) is 30.3 Å². The van der Waals surface area contributed by atoms with Gasteiger partial charge in [0, 0.05) is 6.54 Å². The molecule has 1 heterocycles. The third-order valence-electron chi connectivity index (χ3n) is 4.21. The Morgan fingerprint density at radius 3 is 2.58 bits per heavy atom. The topological polar surface area (TPSA) is 63.1 Å². The molecule has 1 aromatic rings. The summed E-state index contributed by atoms with van der Waals surface area (Å²) in [4.78, 5) is 26.6. The molecule has 0 saturated carbocycles. The Hall–Kier alpha value is -2.08. The molecule has 0 aromatic heterocycles. The molecule has 0 radical (unpaired) electrons. The molecule has 24 heavy (non-hydrogen) atoms. The predicted molar refractivity (Wildman–Crippen MR) is 91.9 cm³/mol. The number of nitrogens with one attached hydrogen (secondary N) is 2. The summed E-state index contributed by atoms with van der Waals surface area (Å²) >= 11 is 0. The van der Waals surface area contributed by atoms with Crippen molar-refractivity contribution in [3.8, 4) is 0 Å². The quantitative estimate of drug-likeness (QED) is 0.695. The third kappa shape index (κ3) is 6.20. The van der Waals surface area contributed by atoms with Crippen LogP contribution in [0.4, 0.5) is 4.79 Å². The lowest BCUT2D eigenvalue weighted by Crippen LogP contribution is -3.15. The number of hydrogen-bond donors (Lipinski definition) is 2. The standard InChI is InChI=1S/C18H27N3O3/c1-2-24-18(23)21-13-11-20(12-14-21)15-17(22)19-10-6-9-16-7-4-3-5-8-16/h3-5,7-8H,2,6,9-15H2,1H3,(H,19,22)/p+1. The Kier molecular flexibility index (Phi) is 7.55. The Balaban J connectivity index is 1.57. The predicted octanol–water partition coefficient (Wildman–Crippen LogP) is 0.0924. The molecule has 1 aromatic carbocycles. The Morgan fingerprint density at radius 2 is 1.92 bits per heavy atom. The van der Waals surface area contributed by atoms with Crippen LogP contribution in [-0.2, 0) is 16.0 Å². The van der Waals surface area contributed by atoms with E-state index in [0.717, 1.165) is 25.9 Å². The molecule has 6 heteroatoms. The van der Waals surface area contributed by atoms with Crippen LogP contribution >= 0.6 is 0 Å². The van der Waals surface area contributed by atoms with Crippen LogP contribution in [0.25, 0.3) is 0 Å². The number of aryl methyl sites for hydroxylation is 1. The molecule has 0 bridgehead atoms. The molecule has 0 unspecified atom stereocenters. The number of piperazine rings is 1. The summed E-state index contributed by atoms with van der Waals surface area (Å²) in [6, 6.07) is 10.3. The number of amides is 2. The summed E-state index contributed by atoms with van der Waals surface area (Å²) in [5, 5.41) is 2.99. The zero-order chi connectivity index (χ0) is 17.2. The van der Waals surface area contributed by atoms with Crippen molar-refractivity contribution in [3.63, 3.8) is 0 Å². The summed E-state index contributed by atoms with van der Waals surface area (Å²) in [7, 11) is 0. The lowest BCUT2D eigenvalue weighted by molar-refractivity contribution is -0.896. The zero-order valence-electron chi connectivity index (χ0n) is 14.4. The highest BCUT2D eigenvalue weighted by Crippen LogP contribution is 2.01. The third-order valence-corrected chi connectivity index (χ3v) is 4.21. The fraction of sp³-hybridized carbons (Fsp3) is 0.556. The van der Waals surface area contributed by atoms with Crippen LogP contribution < -0.4 is 10.2 Å². The minimum atomic E-state index is -0.248. The second-order valence-corrected chi connectivity index (χ2v) is 6.05. The van der Waals surface area contributed by atoms with E-state index in [1.165, 1.54) is 10.5 Å². The van der Waals surface area contributed by atoms with Gasteiger partial charge in [-0.3, -0.25) is 9.69 Å². The number of carbonyl (C=O) groups is 2. The molecule has 1 saturated heterocycles. The number of hydrogen-bond acceptors (Lipinski definition) is 3. The monoisotopic (exact) mass is 334 g/mol. The Labute approximate surface area is 143 Å². The lowest BCUT2D eigenvalue weighted by Gasteiger charge is -2.31. The van der Waals surface area contributed by atoms with Crippen molar-refractivity contribution in [2.24, 2.45) is 0 Å². The van der Waals surface area contributed by atoms with E-state index in [2.05, 4.69) is 17.4 Å². The van der Waals surface area contributed by atoms with Crippen LogP contribution in [0, 0.1) is 0 Å². The average Bonchev–Trinajstić information content (AvgIpc) is 2.60. The minimum Gasteiger partial charge on any atom is -0.450 e. The molecule has 132 valence electrons. The van der Waals surface area contributed by atoms with Crippen molar-refractivity contribution >= 4 is 12.0 Å². The largest absolute Gasteiger partial charge is 0.450 e. The fourth-order valence-corrected chi connectivity index (χ4v) is 2.85. The van der Waals surface area contributed by atoms with Crippen molar-refractivity contribution in [1.29, 1.82) is 0 Å². The van der Waals surface area contributed by atoms with Gasteiger partial charge in [-0.2, -0.15) is 0 Å². The zero-order valence-corrected chi connectivity index (χ0v) is 14.4. The normalized spacial score (nSPS) is 15.1. The van der Waals surface area contributed by atoms with Gasteiger partial charge >= 0.3 is 6.09 Å². The summed E-state index contributed by atoms with van der Waals surface area (Å²) < 4.78 is 5.00. The molecule has 0 aliphatic carbocycles. The van der Waals surface area contributed by atoms with Crippen LogP contribution in [0.3, 0.4) is 0 Å². The highest BCUT2D eigenvalue weighted by Gasteiger charge is 2.25. The first kappa shape index (κ1) is 18.3. The maximum Gasteiger partial charge on any atom is 0.410 e. The number of ether oxygens (including phenoxy) is 1. The van der Waals surface area contributed by atoms with E-state index < -0.39 is 0 Å². The number of rotatable bonds is 7. The first-order valence-corrected chi connectivity index (χ1v) is 8.75. The molecule has 6 nitrogen and oxygen atoms in total. The van der Waals surface area contributed by atoms with Crippen molar-refractivity contribution < 1.29 is 19.2 Å². The lowest BCUT2D eigenvalue weighted by atomic mass is 10.1. The SMILES string of the molecule is CCOC(=O)N1CC[NH+](CC(=O)NCCCc2ccccc2)CC1. The number of carbonyl (C=O) groups excluding carboxylic acids is 2. The molecule has 2 N–H and O–H groups in total. The maximum atomic E-state index is 12.0. The molecule has 0 atom stereocenters. The van der Waals surface area contributed by atoms with E-state index in [9.17, 15) is 9.59 Å². The van der Waals surface area contributed by atoms with Crippen LogP contribution in [-0.4, -0.2) is 62.8 Å². The summed E-state index contributed by atoms with van der Waals surface area (Å²) in [5.41, 5.74) is 1.30. The fourth-order valence-electron chi connectivity index (χ4n) is 2.85. The van der Waals surface area contributed by atoms with Gasteiger partial charge in [-0.25, -0.2) is 4.79 Å². The molecule has 2 amide bonds. The van der Waals surface area contributed by atoms with Gasteiger partial charge < -0.3 is 15.0 Å². The molecule has 1 fully saturated rings. The van der Waals surface area contributed by atoms with Gasteiger partial charge in [0.05, 0.1) is 32.8 Å². The maximum absolute atomic E-state index is 12.0. The van der Waals surface area contributed by atoms with E-state index in [1.54, 1.807) is 4.90 Å². The summed E-state index contributed by atoms with van der Waals surface area (Å²) in [5.74, 6) is 0.0858. The van der Waals surface area contributed by atoms with E-state index in [4.69, 9.17) is 4.74 Å². The van der Waals surface area contributed by atoms with E-state index >= 15 is 0 Å². The second-order valence-electron chi connectivity index (χ2n) is 6.05. The summed E-state index contributed by atoms with van der Waals surface area (Å²) in [6.07, 6.45) is 1.68. The molecular formula is C18H28N3O3+. The van der Waals surface area contributed by atoms with Gasteiger partial charge in [0.25, 0.3) is 5.91 Å². The highest BCUT2D eigenvalue weighted by atomic mass is 16.6. The van der Waals surface area contributed by atoms with Gasteiger partial charge in [0.2, 0.25) is 0 Å². The number of quaternary nitrogens is 1. The van der Waals surface area contributed by atoms with Crippen molar-refractivity contribution in [1.82, 2.24) is 10.2 Å². The smallest absolute Gasteiger partial charge is 0.410 e. The Morgan fingerprint density at radius 1 is 1.21 bits per heavy atom. The average molecular weight is 334 g/mol. The minimum absolute atomic E-state index is 0.0858. The van der Waals surface area contributed by atoms with Gasteiger partial charge in [-0.15, -0.1) is 0 Å². The molecule has 0 spiro atoms. The molecular weight excluding hydrogens is 306 g/mol. The first-order valence-electron chi connectivity index (χ1n) is 8.75. The van der Waals surface area contributed by atoms with Crippen LogP contribution in [0.5, 0.6) is 0 Å². The van der Waals surface area contributed by atoms with E-state index in [0.29, 0.717) is 32.8 Å². The Bertz CT molecular complexity index is 514. The first-order chi connectivity index (χ1) is 11.7. The van der Waals surface area contributed by atoms with Crippen LogP contribution in [0.1, 0.15) is 18.9 Å². The number of nitrogens with zero attached hydrogens (tertiary/aromatic N) is 1. The number of benzene rings is 1. The second kappa shape index (κ2) is 9.93. The highest BCUT2D eigenvalue weighted by molar-refractivity contribution is 5.76. The van der Waals surface area contributed by atoms with Gasteiger partial charge in [-0.05, 0) is 25.3 Å². The van der Waals surface area contributed by atoms with Gasteiger partial charge in [0.15, 0.2) is 6.54 Å². The van der Waals surface area contributed by atoms with Crippen LogP contribution in [0.2, 0.25) is 0 Å². The molecule has 2 rings (SSSR count). The summed E-state index contributed by atoms with van der Waals surface area (Å²) in [6.45, 7) is 6.26. The molecule has 1 aliphatic heterocycles. The van der Waals surface area contributed by atoms with Crippen molar-refractivity contribution in [3.05, 3.63) is 35.9 Å². The van der Waals surface area contributed by atoms with Crippen molar-refractivity contribution in [2.45, 2.75) is 19.8 Å². The van der Waals surface area contributed by atoms with E-state index in [-0.39, 0.29) is 12.0 Å². The van der Waals surface area contributed by atoms with Gasteiger partial charge in [-0.1, -0.05) is 30.3 Å². The molecule has 1 aliphatic rings. The van der Waals surface area contributed by atoms with Gasteiger partial charge in [0.1, 0.15) is 0 Å². The van der Waals surface area contributed by atoms with E-state index in [1.807, 2.05) is 25.1 Å².